The summed E-state index contributed by atoms with van der Waals surface area (Å²) in [6.07, 6.45) is 11.2. The number of ether oxygens (including phenoxy) is 1. The van der Waals surface area contributed by atoms with Crippen molar-refractivity contribution in [3.8, 4) is 5.75 Å². The average molecular weight is 427 g/mol. The number of methoxy groups -OCH3 is 1. The van der Waals surface area contributed by atoms with Crippen molar-refractivity contribution >= 4 is 29.1 Å². The lowest BCUT2D eigenvalue weighted by molar-refractivity contribution is -0.116. The van der Waals surface area contributed by atoms with Crippen molar-refractivity contribution in [2.75, 3.05) is 36.7 Å². The van der Waals surface area contributed by atoms with Crippen LogP contribution >= 0.6 is 0 Å². The number of amides is 3. The standard InChI is InChI=1S/C22H30N6O3/c1-28(17-6-4-3-5-7-17)13-10-21(29)25-16-8-9-18(19(14-16)31-2)26-22(30)27-20-15-23-11-12-24-20/h8-9,11-12,14-15,17H,3-7,10,13H2,1-2H3,(H,25,29)(H2,24,26,27,30). The van der Waals surface area contributed by atoms with E-state index in [2.05, 4.69) is 37.9 Å². The normalized spacial score (nSPS) is 14.2. The third-order valence-electron chi connectivity index (χ3n) is 5.43. The summed E-state index contributed by atoms with van der Waals surface area (Å²) in [7, 11) is 3.60. The predicted molar refractivity (Wildman–Crippen MR) is 120 cm³/mol. The molecule has 0 spiro atoms. The zero-order valence-corrected chi connectivity index (χ0v) is 18.1. The zero-order chi connectivity index (χ0) is 22.1. The largest absolute Gasteiger partial charge is 0.494 e. The summed E-state index contributed by atoms with van der Waals surface area (Å²) in [6, 6.07) is 5.20. The van der Waals surface area contributed by atoms with Gasteiger partial charge in [0.2, 0.25) is 5.91 Å². The first-order valence-electron chi connectivity index (χ1n) is 10.6. The first-order valence-corrected chi connectivity index (χ1v) is 10.6. The Morgan fingerprint density at radius 3 is 2.65 bits per heavy atom. The van der Waals surface area contributed by atoms with Gasteiger partial charge in [-0.05, 0) is 32.0 Å². The van der Waals surface area contributed by atoms with Crippen molar-refractivity contribution in [1.82, 2.24) is 14.9 Å². The molecule has 1 aromatic heterocycles. The molecule has 0 saturated heterocycles. The molecule has 0 radical (unpaired) electrons. The SMILES string of the molecule is COc1cc(NC(=O)CCN(C)C2CCCCC2)ccc1NC(=O)Nc1cnccn1. The van der Waals surface area contributed by atoms with Gasteiger partial charge in [-0.25, -0.2) is 9.78 Å². The third-order valence-corrected chi connectivity index (χ3v) is 5.43. The van der Waals surface area contributed by atoms with E-state index in [1.807, 2.05) is 0 Å². The Morgan fingerprint density at radius 1 is 1.13 bits per heavy atom. The Morgan fingerprint density at radius 2 is 1.94 bits per heavy atom. The number of hydrogen-bond donors (Lipinski definition) is 3. The second-order valence-electron chi connectivity index (χ2n) is 7.66. The second kappa shape index (κ2) is 11.3. The Balaban J connectivity index is 1.51. The molecule has 0 atom stereocenters. The summed E-state index contributed by atoms with van der Waals surface area (Å²) in [5, 5.41) is 8.20. The third kappa shape index (κ3) is 6.92. The quantitative estimate of drug-likeness (QED) is 0.594. The number of carbonyl (C=O) groups excluding carboxylic acids is 2. The van der Waals surface area contributed by atoms with Gasteiger partial charge < -0.3 is 20.3 Å². The molecule has 3 rings (SSSR count). The van der Waals surface area contributed by atoms with Crippen LogP contribution in [0.25, 0.3) is 0 Å². The molecule has 2 aromatic rings. The molecular weight excluding hydrogens is 396 g/mol. The van der Waals surface area contributed by atoms with Crippen LogP contribution in [-0.2, 0) is 4.79 Å². The van der Waals surface area contributed by atoms with Crippen LogP contribution in [0.5, 0.6) is 5.75 Å². The first kappa shape index (κ1) is 22.5. The molecule has 1 aliphatic carbocycles. The van der Waals surface area contributed by atoms with E-state index in [0.29, 0.717) is 35.4 Å². The number of hydrogen-bond acceptors (Lipinski definition) is 6. The van der Waals surface area contributed by atoms with Crippen LogP contribution in [-0.4, -0.2) is 53.6 Å². The molecule has 0 aliphatic heterocycles. The van der Waals surface area contributed by atoms with Gasteiger partial charge in [0.25, 0.3) is 0 Å². The fraction of sp³-hybridized carbons (Fsp3) is 0.455. The number of rotatable bonds is 8. The molecule has 9 heteroatoms. The number of nitrogens with zero attached hydrogens (tertiary/aromatic N) is 3. The Hall–Kier alpha value is -3.20. The van der Waals surface area contributed by atoms with Crippen LogP contribution in [0.3, 0.4) is 0 Å². The second-order valence-corrected chi connectivity index (χ2v) is 7.66. The highest BCUT2D eigenvalue weighted by Crippen LogP contribution is 2.28. The Bertz CT molecular complexity index is 871. The Kier molecular flexibility index (Phi) is 8.17. The molecule has 1 heterocycles. The van der Waals surface area contributed by atoms with Crippen molar-refractivity contribution in [2.45, 2.75) is 44.6 Å². The van der Waals surface area contributed by atoms with Crippen LogP contribution < -0.4 is 20.7 Å². The smallest absolute Gasteiger partial charge is 0.324 e. The maximum atomic E-state index is 12.4. The summed E-state index contributed by atoms with van der Waals surface area (Å²) >= 11 is 0. The number of aromatic nitrogens is 2. The molecule has 3 amide bonds. The fourth-order valence-electron chi connectivity index (χ4n) is 3.71. The van der Waals surface area contributed by atoms with Crippen LogP contribution in [0.1, 0.15) is 38.5 Å². The monoisotopic (exact) mass is 426 g/mol. The van der Waals surface area contributed by atoms with E-state index in [0.717, 1.165) is 6.54 Å². The molecule has 166 valence electrons. The number of nitrogens with one attached hydrogen (secondary N) is 3. The van der Waals surface area contributed by atoms with Crippen LogP contribution in [0.4, 0.5) is 22.0 Å². The van der Waals surface area contributed by atoms with Crippen molar-refractivity contribution < 1.29 is 14.3 Å². The highest BCUT2D eigenvalue weighted by Gasteiger charge is 2.18. The molecular formula is C22H30N6O3. The van der Waals surface area contributed by atoms with Crippen LogP contribution in [0.2, 0.25) is 0 Å². The number of anilines is 3. The number of carbonyl (C=O) groups is 2. The summed E-state index contributed by atoms with van der Waals surface area (Å²) in [5.74, 6) is 0.721. The van der Waals surface area contributed by atoms with E-state index >= 15 is 0 Å². The minimum Gasteiger partial charge on any atom is -0.494 e. The molecule has 9 nitrogen and oxygen atoms in total. The van der Waals surface area contributed by atoms with Gasteiger partial charge in [-0.15, -0.1) is 0 Å². The van der Waals surface area contributed by atoms with E-state index in [1.165, 1.54) is 57.8 Å². The number of urea groups is 1. The summed E-state index contributed by atoms with van der Waals surface area (Å²) < 4.78 is 5.37. The summed E-state index contributed by atoms with van der Waals surface area (Å²) in [4.78, 5) is 34.7. The van der Waals surface area contributed by atoms with Crippen LogP contribution in [0.15, 0.2) is 36.8 Å². The van der Waals surface area contributed by atoms with Crippen molar-refractivity contribution in [1.29, 1.82) is 0 Å². The molecule has 1 aliphatic rings. The summed E-state index contributed by atoms with van der Waals surface area (Å²) in [6.45, 7) is 0.732. The molecule has 1 fully saturated rings. The maximum absolute atomic E-state index is 12.4. The van der Waals surface area contributed by atoms with Gasteiger partial charge in [-0.2, -0.15) is 0 Å². The van der Waals surface area contributed by atoms with E-state index in [-0.39, 0.29) is 5.91 Å². The highest BCUT2D eigenvalue weighted by molar-refractivity contribution is 6.00. The minimum absolute atomic E-state index is 0.0502. The molecule has 0 unspecified atom stereocenters. The van der Waals surface area contributed by atoms with Gasteiger partial charge >= 0.3 is 6.03 Å². The molecule has 1 aromatic carbocycles. The lowest BCUT2D eigenvalue weighted by Crippen LogP contribution is -2.35. The maximum Gasteiger partial charge on any atom is 0.324 e. The minimum atomic E-state index is -0.471. The van der Waals surface area contributed by atoms with Gasteiger partial charge in [0, 0.05) is 43.2 Å². The van der Waals surface area contributed by atoms with E-state index in [9.17, 15) is 9.59 Å². The average Bonchev–Trinajstić information content (AvgIpc) is 2.79. The predicted octanol–water partition coefficient (Wildman–Crippen LogP) is 3.72. The van der Waals surface area contributed by atoms with Gasteiger partial charge in [-0.3, -0.25) is 15.1 Å². The molecule has 3 N–H and O–H groups in total. The molecule has 0 bridgehead atoms. The summed E-state index contributed by atoms with van der Waals surface area (Å²) in [5.41, 5.74) is 1.08. The fourth-order valence-corrected chi connectivity index (χ4v) is 3.71. The Labute approximate surface area is 182 Å². The van der Waals surface area contributed by atoms with Gasteiger partial charge in [0.05, 0.1) is 19.0 Å². The molecule has 31 heavy (non-hydrogen) atoms. The first-order chi connectivity index (χ1) is 15.0. The highest BCUT2D eigenvalue weighted by atomic mass is 16.5. The zero-order valence-electron chi connectivity index (χ0n) is 18.1. The van der Waals surface area contributed by atoms with E-state index in [4.69, 9.17) is 4.74 Å². The molecule has 1 saturated carbocycles. The lowest BCUT2D eigenvalue weighted by Gasteiger charge is -2.30. The van der Waals surface area contributed by atoms with Gasteiger partial charge in [0.1, 0.15) is 5.75 Å². The van der Waals surface area contributed by atoms with E-state index < -0.39 is 6.03 Å². The van der Waals surface area contributed by atoms with Crippen molar-refractivity contribution in [2.24, 2.45) is 0 Å². The van der Waals surface area contributed by atoms with Gasteiger partial charge in [0.15, 0.2) is 5.82 Å². The van der Waals surface area contributed by atoms with Crippen molar-refractivity contribution in [3.63, 3.8) is 0 Å². The van der Waals surface area contributed by atoms with E-state index in [1.54, 1.807) is 18.2 Å². The van der Waals surface area contributed by atoms with Crippen molar-refractivity contribution in [3.05, 3.63) is 36.8 Å². The topological polar surface area (TPSA) is 108 Å². The lowest BCUT2D eigenvalue weighted by atomic mass is 9.94. The van der Waals surface area contributed by atoms with Crippen LogP contribution in [0, 0.1) is 0 Å². The van der Waals surface area contributed by atoms with Gasteiger partial charge in [-0.1, -0.05) is 19.3 Å². The number of benzene rings is 1.